The van der Waals surface area contributed by atoms with E-state index in [4.69, 9.17) is 11.6 Å². The molecule has 0 aromatic rings. The van der Waals surface area contributed by atoms with Gasteiger partial charge in [0.15, 0.2) is 0 Å². The molecule has 0 fully saturated rings. The molecule has 0 saturated heterocycles. The maximum absolute atomic E-state index is 5.94. The van der Waals surface area contributed by atoms with Crippen LogP contribution < -0.4 is 0 Å². The van der Waals surface area contributed by atoms with Gasteiger partial charge in [0.1, 0.15) is 0 Å². The Hall–Kier alpha value is 0.730. The molecule has 1 aliphatic carbocycles. The van der Waals surface area contributed by atoms with Gasteiger partial charge in [-0.2, -0.15) is 0 Å². The molecule has 0 saturated carbocycles. The summed E-state index contributed by atoms with van der Waals surface area (Å²) in [5.74, 6) is 0. The van der Waals surface area contributed by atoms with Crippen molar-refractivity contribution in [1.29, 1.82) is 0 Å². The zero-order chi connectivity index (χ0) is 7.78. The maximum Gasteiger partial charge on any atom is 0.0744 e. The lowest BCUT2D eigenvalue weighted by Gasteiger charge is -2.27. The van der Waals surface area contributed by atoms with Crippen molar-refractivity contribution in [3.8, 4) is 0 Å². The molecule has 3 heteroatoms. The van der Waals surface area contributed by atoms with E-state index in [0.29, 0.717) is 0 Å². The third kappa shape index (κ3) is 1.49. The zero-order valence-corrected chi connectivity index (χ0v) is 9.37. The second-order valence-electron chi connectivity index (χ2n) is 2.38. The summed E-state index contributed by atoms with van der Waals surface area (Å²) in [6.07, 6.45) is 5.90. The zero-order valence-electron chi connectivity index (χ0n) is 5.44. The largest absolute Gasteiger partial charge is 0.0876 e. The second kappa shape index (κ2) is 3.00. The van der Waals surface area contributed by atoms with Gasteiger partial charge in [-0.25, -0.2) is 0 Å². The predicted octanol–water partition coefficient (Wildman–Crippen LogP) is 3.60. The van der Waals surface area contributed by atoms with E-state index >= 15 is 0 Å². The SMILES string of the molecule is CC1(Br)C(Cl)=CC=CC1Br. The first-order chi connectivity index (χ1) is 4.55. The van der Waals surface area contributed by atoms with Crippen LogP contribution in [0.25, 0.3) is 0 Å². The van der Waals surface area contributed by atoms with Crippen molar-refractivity contribution in [2.24, 2.45) is 0 Å². The maximum atomic E-state index is 5.94. The third-order valence-corrected chi connectivity index (χ3v) is 5.01. The highest BCUT2D eigenvalue weighted by Gasteiger charge is 2.32. The summed E-state index contributed by atoms with van der Waals surface area (Å²) in [6.45, 7) is 2.04. The average molecular weight is 286 g/mol. The average Bonchev–Trinajstić information content (AvgIpc) is 1.84. The molecule has 0 aromatic carbocycles. The van der Waals surface area contributed by atoms with Crippen molar-refractivity contribution in [2.45, 2.75) is 16.1 Å². The Balaban J connectivity index is 2.93. The van der Waals surface area contributed by atoms with Crippen molar-refractivity contribution >= 4 is 43.5 Å². The molecule has 1 rings (SSSR count). The molecule has 0 heterocycles. The van der Waals surface area contributed by atoms with Crippen LogP contribution in [0.2, 0.25) is 0 Å². The molecule has 0 amide bonds. The minimum atomic E-state index is -0.136. The molecular formula is C7H7Br2Cl. The molecule has 2 atom stereocenters. The Kier molecular flexibility index (Phi) is 2.64. The van der Waals surface area contributed by atoms with Crippen LogP contribution in [0.3, 0.4) is 0 Å². The number of hydrogen-bond acceptors (Lipinski definition) is 0. The second-order valence-corrected chi connectivity index (χ2v) is 5.42. The van der Waals surface area contributed by atoms with E-state index in [1.165, 1.54) is 0 Å². The summed E-state index contributed by atoms with van der Waals surface area (Å²) >= 11 is 13.0. The Morgan fingerprint density at radius 3 is 2.70 bits per heavy atom. The fourth-order valence-corrected chi connectivity index (χ4v) is 1.74. The highest BCUT2D eigenvalue weighted by atomic mass is 79.9. The van der Waals surface area contributed by atoms with Crippen LogP contribution >= 0.6 is 43.5 Å². The van der Waals surface area contributed by atoms with E-state index in [1.54, 1.807) is 0 Å². The topological polar surface area (TPSA) is 0 Å². The molecular weight excluding hydrogens is 279 g/mol. The summed E-state index contributed by atoms with van der Waals surface area (Å²) in [7, 11) is 0. The lowest BCUT2D eigenvalue weighted by atomic mass is 10.0. The first-order valence-corrected chi connectivity index (χ1v) is 5.01. The number of allylic oxidation sites excluding steroid dienone is 4. The number of hydrogen-bond donors (Lipinski definition) is 0. The number of alkyl halides is 2. The van der Waals surface area contributed by atoms with Gasteiger partial charge in [0.25, 0.3) is 0 Å². The standard InChI is InChI=1S/C7H7Br2Cl/c1-7(9)5(8)3-2-4-6(7)10/h2-5H,1H3. The summed E-state index contributed by atoms with van der Waals surface area (Å²) < 4.78 is -0.136. The minimum absolute atomic E-state index is 0.136. The van der Waals surface area contributed by atoms with Gasteiger partial charge in [-0.1, -0.05) is 55.6 Å². The van der Waals surface area contributed by atoms with Gasteiger partial charge < -0.3 is 0 Å². The quantitative estimate of drug-likeness (QED) is 0.597. The van der Waals surface area contributed by atoms with Crippen LogP contribution in [0.4, 0.5) is 0 Å². The van der Waals surface area contributed by atoms with E-state index in [9.17, 15) is 0 Å². The molecule has 0 nitrogen and oxygen atoms in total. The third-order valence-electron chi connectivity index (χ3n) is 1.51. The molecule has 1 aliphatic rings. The summed E-state index contributed by atoms with van der Waals surface area (Å²) in [6, 6.07) is 0. The van der Waals surface area contributed by atoms with Gasteiger partial charge in [-0.15, -0.1) is 0 Å². The first-order valence-electron chi connectivity index (χ1n) is 2.92. The lowest BCUT2D eigenvalue weighted by Crippen LogP contribution is -2.28. The van der Waals surface area contributed by atoms with E-state index in [1.807, 2.05) is 19.1 Å². The van der Waals surface area contributed by atoms with Crippen molar-refractivity contribution in [3.05, 3.63) is 23.3 Å². The van der Waals surface area contributed by atoms with Crippen LogP contribution in [0.15, 0.2) is 23.3 Å². The molecule has 2 unspecified atom stereocenters. The molecule has 0 radical (unpaired) electrons. The van der Waals surface area contributed by atoms with E-state index in [2.05, 4.69) is 37.9 Å². The molecule has 0 aromatic heterocycles. The summed E-state index contributed by atoms with van der Waals surface area (Å²) in [4.78, 5) is 0.275. The normalized spacial score (nSPS) is 39.6. The Bertz CT molecular complexity index is 194. The summed E-state index contributed by atoms with van der Waals surface area (Å²) in [5, 5.41) is 0.830. The van der Waals surface area contributed by atoms with Crippen LogP contribution in [0.1, 0.15) is 6.92 Å². The van der Waals surface area contributed by atoms with Gasteiger partial charge >= 0.3 is 0 Å². The smallest absolute Gasteiger partial charge is 0.0744 e. The Labute approximate surface area is 82.6 Å². The van der Waals surface area contributed by atoms with Crippen LogP contribution in [-0.4, -0.2) is 9.15 Å². The van der Waals surface area contributed by atoms with Gasteiger partial charge in [-0.3, -0.25) is 0 Å². The van der Waals surface area contributed by atoms with E-state index in [0.717, 1.165) is 5.03 Å². The molecule has 0 N–H and O–H groups in total. The predicted molar refractivity (Wildman–Crippen MR) is 53.1 cm³/mol. The van der Waals surface area contributed by atoms with Crippen molar-refractivity contribution in [3.63, 3.8) is 0 Å². The van der Waals surface area contributed by atoms with E-state index < -0.39 is 0 Å². The van der Waals surface area contributed by atoms with Crippen molar-refractivity contribution in [1.82, 2.24) is 0 Å². The van der Waals surface area contributed by atoms with E-state index in [-0.39, 0.29) is 9.15 Å². The van der Waals surface area contributed by atoms with Crippen molar-refractivity contribution < 1.29 is 0 Å². The molecule has 0 bridgehead atoms. The van der Waals surface area contributed by atoms with Gasteiger partial charge in [0.2, 0.25) is 0 Å². The molecule has 0 aliphatic heterocycles. The molecule has 10 heavy (non-hydrogen) atoms. The minimum Gasteiger partial charge on any atom is -0.0876 e. The Morgan fingerprint density at radius 1 is 1.70 bits per heavy atom. The monoisotopic (exact) mass is 284 g/mol. The lowest BCUT2D eigenvalue weighted by molar-refractivity contribution is 0.826. The molecule has 0 spiro atoms. The van der Waals surface area contributed by atoms with Crippen molar-refractivity contribution in [2.75, 3.05) is 0 Å². The fourth-order valence-electron chi connectivity index (χ4n) is 0.713. The molecule has 56 valence electrons. The van der Waals surface area contributed by atoms with Gasteiger partial charge in [-0.05, 0) is 13.0 Å². The van der Waals surface area contributed by atoms with Gasteiger partial charge in [0, 0.05) is 5.03 Å². The first kappa shape index (κ1) is 8.82. The fraction of sp³-hybridized carbons (Fsp3) is 0.429. The number of rotatable bonds is 0. The Morgan fingerprint density at radius 2 is 2.30 bits per heavy atom. The van der Waals surface area contributed by atoms with Gasteiger partial charge in [0.05, 0.1) is 9.15 Å². The number of halogens is 3. The highest BCUT2D eigenvalue weighted by Crippen LogP contribution is 2.40. The van der Waals surface area contributed by atoms with Crippen LogP contribution in [0, 0.1) is 0 Å². The highest BCUT2D eigenvalue weighted by molar-refractivity contribution is 9.12. The van der Waals surface area contributed by atoms with Crippen LogP contribution in [-0.2, 0) is 0 Å². The summed E-state index contributed by atoms with van der Waals surface area (Å²) in [5.41, 5.74) is 0. The van der Waals surface area contributed by atoms with Crippen LogP contribution in [0.5, 0.6) is 0 Å².